The van der Waals surface area contributed by atoms with Crippen LogP contribution in [0.15, 0.2) is 60.7 Å². The second kappa shape index (κ2) is 6.17. The molecule has 3 rings (SSSR count). The lowest BCUT2D eigenvalue weighted by molar-refractivity contribution is 0.639. The Morgan fingerprint density at radius 2 is 1.57 bits per heavy atom. The number of hydrogen-bond donors (Lipinski definition) is 0. The molecule has 0 amide bonds. The molecule has 0 aliphatic rings. The van der Waals surface area contributed by atoms with Crippen molar-refractivity contribution in [1.82, 2.24) is 0 Å². The van der Waals surface area contributed by atoms with Gasteiger partial charge in [0.15, 0.2) is 0 Å². The molecule has 3 aromatic rings. The fourth-order valence-electron chi connectivity index (χ4n) is 2.50. The van der Waals surface area contributed by atoms with E-state index in [1.54, 1.807) is 0 Å². The lowest BCUT2D eigenvalue weighted by Gasteiger charge is -2.14. The van der Waals surface area contributed by atoms with Crippen molar-refractivity contribution in [2.24, 2.45) is 0 Å². The lowest BCUT2D eigenvalue weighted by Crippen LogP contribution is -1.97. The van der Waals surface area contributed by atoms with Crippen LogP contribution in [0.25, 0.3) is 10.8 Å². The van der Waals surface area contributed by atoms with Gasteiger partial charge >= 0.3 is 0 Å². The SMILES string of the molecule is Fc1ccc(C(Br)Cc2ccc(Cl)cc2)c2ccccc12. The first-order valence-electron chi connectivity index (χ1n) is 6.71. The van der Waals surface area contributed by atoms with Crippen LogP contribution in [0.3, 0.4) is 0 Å². The summed E-state index contributed by atoms with van der Waals surface area (Å²) < 4.78 is 13.9. The molecule has 0 heterocycles. The van der Waals surface area contributed by atoms with Crippen LogP contribution < -0.4 is 0 Å². The number of halogens is 3. The topological polar surface area (TPSA) is 0 Å². The minimum Gasteiger partial charge on any atom is -0.206 e. The van der Waals surface area contributed by atoms with E-state index in [1.165, 1.54) is 11.6 Å². The van der Waals surface area contributed by atoms with Crippen LogP contribution in [0.4, 0.5) is 4.39 Å². The smallest absolute Gasteiger partial charge is 0.131 e. The molecule has 0 bridgehead atoms. The van der Waals surface area contributed by atoms with Crippen LogP contribution in [0.5, 0.6) is 0 Å². The maximum Gasteiger partial charge on any atom is 0.131 e. The Morgan fingerprint density at radius 1 is 0.905 bits per heavy atom. The minimum absolute atomic E-state index is 0.129. The van der Waals surface area contributed by atoms with Gasteiger partial charge in [-0.1, -0.05) is 70.0 Å². The van der Waals surface area contributed by atoms with Gasteiger partial charge < -0.3 is 0 Å². The molecule has 1 unspecified atom stereocenters. The van der Waals surface area contributed by atoms with Gasteiger partial charge in [0.2, 0.25) is 0 Å². The standard InChI is InChI=1S/C18H13BrClF/c19-17(11-12-5-7-13(20)8-6-12)15-9-10-18(21)16-4-2-1-3-14(15)16/h1-10,17H,11H2. The Labute approximate surface area is 136 Å². The van der Waals surface area contributed by atoms with E-state index in [4.69, 9.17) is 11.6 Å². The highest BCUT2D eigenvalue weighted by Gasteiger charge is 2.13. The van der Waals surface area contributed by atoms with E-state index in [9.17, 15) is 4.39 Å². The third kappa shape index (κ3) is 3.12. The van der Waals surface area contributed by atoms with Crippen molar-refractivity contribution in [2.75, 3.05) is 0 Å². The molecule has 0 aliphatic carbocycles. The first-order chi connectivity index (χ1) is 10.1. The maximum atomic E-state index is 13.9. The fourth-order valence-corrected chi connectivity index (χ4v) is 3.40. The molecule has 3 heteroatoms. The molecule has 0 aromatic heterocycles. The summed E-state index contributed by atoms with van der Waals surface area (Å²) in [5, 5.41) is 2.35. The maximum absolute atomic E-state index is 13.9. The molecule has 0 nitrogen and oxygen atoms in total. The van der Waals surface area contributed by atoms with Gasteiger partial charge in [0.25, 0.3) is 0 Å². The van der Waals surface area contributed by atoms with Gasteiger partial charge in [-0.2, -0.15) is 0 Å². The first-order valence-corrected chi connectivity index (χ1v) is 8.00. The van der Waals surface area contributed by atoms with Crippen molar-refractivity contribution in [1.29, 1.82) is 0 Å². The highest BCUT2D eigenvalue weighted by Crippen LogP contribution is 2.33. The molecule has 0 radical (unpaired) electrons. The van der Waals surface area contributed by atoms with Crippen LogP contribution >= 0.6 is 27.5 Å². The second-order valence-electron chi connectivity index (χ2n) is 4.98. The molecule has 3 aromatic carbocycles. The molecule has 0 spiro atoms. The zero-order valence-electron chi connectivity index (χ0n) is 11.2. The summed E-state index contributed by atoms with van der Waals surface area (Å²) in [6.07, 6.45) is 0.826. The summed E-state index contributed by atoms with van der Waals surface area (Å²) in [6, 6.07) is 18.8. The average molecular weight is 364 g/mol. The molecule has 106 valence electrons. The fraction of sp³-hybridized carbons (Fsp3) is 0.111. The Bertz CT molecular complexity index is 768. The first kappa shape index (κ1) is 14.6. The summed E-state index contributed by atoms with van der Waals surface area (Å²) in [5.41, 5.74) is 2.29. The molecule has 21 heavy (non-hydrogen) atoms. The highest BCUT2D eigenvalue weighted by molar-refractivity contribution is 9.09. The average Bonchev–Trinajstić information content (AvgIpc) is 2.50. The summed E-state index contributed by atoms with van der Waals surface area (Å²) in [7, 11) is 0. The summed E-state index contributed by atoms with van der Waals surface area (Å²) >= 11 is 9.64. The Kier molecular flexibility index (Phi) is 4.27. The Balaban J connectivity index is 1.96. The van der Waals surface area contributed by atoms with E-state index < -0.39 is 0 Å². The van der Waals surface area contributed by atoms with Gasteiger partial charge in [-0.25, -0.2) is 4.39 Å². The van der Waals surface area contributed by atoms with Crippen molar-refractivity contribution < 1.29 is 4.39 Å². The second-order valence-corrected chi connectivity index (χ2v) is 6.52. The van der Waals surface area contributed by atoms with E-state index in [1.807, 2.05) is 54.6 Å². The van der Waals surface area contributed by atoms with Gasteiger partial charge in [-0.15, -0.1) is 0 Å². The van der Waals surface area contributed by atoms with Gasteiger partial charge in [0, 0.05) is 15.2 Å². The summed E-state index contributed by atoms with van der Waals surface area (Å²) in [5.74, 6) is -0.180. The highest BCUT2D eigenvalue weighted by atomic mass is 79.9. The molecule has 0 aliphatic heterocycles. The lowest BCUT2D eigenvalue weighted by atomic mass is 9.98. The van der Waals surface area contributed by atoms with Crippen LogP contribution in [-0.4, -0.2) is 0 Å². The van der Waals surface area contributed by atoms with Crippen molar-refractivity contribution >= 4 is 38.3 Å². The van der Waals surface area contributed by atoms with E-state index >= 15 is 0 Å². The van der Waals surface area contributed by atoms with Gasteiger partial charge in [-0.05, 0) is 41.1 Å². The van der Waals surface area contributed by atoms with Crippen LogP contribution in [-0.2, 0) is 6.42 Å². The zero-order chi connectivity index (χ0) is 14.8. The predicted molar refractivity (Wildman–Crippen MR) is 90.7 cm³/mol. The Hall–Kier alpha value is -1.38. The molecular formula is C18H13BrClF. The monoisotopic (exact) mass is 362 g/mol. The van der Waals surface area contributed by atoms with Crippen molar-refractivity contribution in [3.05, 3.63) is 82.6 Å². The molecule has 1 atom stereocenters. The third-order valence-electron chi connectivity index (χ3n) is 3.57. The van der Waals surface area contributed by atoms with Gasteiger partial charge in [-0.3, -0.25) is 0 Å². The van der Waals surface area contributed by atoms with E-state index in [0.717, 1.165) is 22.4 Å². The normalized spacial score (nSPS) is 12.5. The van der Waals surface area contributed by atoms with Crippen molar-refractivity contribution in [2.45, 2.75) is 11.2 Å². The van der Waals surface area contributed by atoms with E-state index in [2.05, 4.69) is 15.9 Å². The van der Waals surface area contributed by atoms with E-state index in [-0.39, 0.29) is 10.6 Å². The largest absolute Gasteiger partial charge is 0.206 e. The summed E-state index contributed by atoms with van der Waals surface area (Å²) in [6.45, 7) is 0. The number of alkyl halides is 1. The van der Waals surface area contributed by atoms with Crippen LogP contribution in [0.2, 0.25) is 5.02 Å². The van der Waals surface area contributed by atoms with Crippen LogP contribution in [0.1, 0.15) is 16.0 Å². The number of fused-ring (bicyclic) bond motifs is 1. The number of hydrogen-bond acceptors (Lipinski definition) is 0. The minimum atomic E-state index is -0.180. The molecule has 0 saturated carbocycles. The molecule has 0 fully saturated rings. The Morgan fingerprint density at radius 3 is 2.29 bits per heavy atom. The number of rotatable bonds is 3. The predicted octanol–water partition coefficient (Wildman–Crippen LogP) is 6.31. The zero-order valence-corrected chi connectivity index (χ0v) is 13.5. The van der Waals surface area contributed by atoms with Crippen molar-refractivity contribution in [3.8, 4) is 0 Å². The third-order valence-corrected chi connectivity index (χ3v) is 4.64. The van der Waals surface area contributed by atoms with Gasteiger partial charge in [0.05, 0.1) is 0 Å². The quantitative estimate of drug-likeness (QED) is 0.478. The van der Waals surface area contributed by atoms with E-state index in [0.29, 0.717) is 5.39 Å². The number of benzene rings is 3. The molecular weight excluding hydrogens is 351 g/mol. The van der Waals surface area contributed by atoms with Crippen LogP contribution in [0, 0.1) is 5.82 Å². The summed E-state index contributed by atoms with van der Waals surface area (Å²) in [4.78, 5) is 0.129. The molecule has 0 saturated heterocycles. The van der Waals surface area contributed by atoms with Crippen molar-refractivity contribution in [3.63, 3.8) is 0 Å². The van der Waals surface area contributed by atoms with Gasteiger partial charge in [0.1, 0.15) is 5.82 Å². The molecule has 0 N–H and O–H groups in total.